The largest absolute Gasteiger partial charge is 0.465 e. The average molecular weight is 250 g/mol. The highest BCUT2D eigenvalue weighted by molar-refractivity contribution is 5.66. The molecule has 0 bridgehead atoms. The van der Waals surface area contributed by atoms with Crippen LogP contribution >= 0.6 is 0 Å². The topological polar surface area (TPSA) is 86.8 Å². The standard InChI is InChI=1S/C13H18N2O3/c1-8-2-3-9-7-15(13(17)18)11(12(16)6-14)5-10(9)4-8/h2-4,11-12,16H,5-7,14H2,1H3,(H,17,18)/t11?,12-/m1/s1. The molecule has 4 N–H and O–H groups in total. The smallest absolute Gasteiger partial charge is 0.407 e. The molecule has 0 aliphatic carbocycles. The maximum absolute atomic E-state index is 11.2. The molecule has 1 aliphatic rings. The molecule has 1 amide bonds. The van der Waals surface area contributed by atoms with Gasteiger partial charge < -0.3 is 15.9 Å². The van der Waals surface area contributed by atoms with Gasteiger partial charge in [-0.1, -0.05) is 23.8 Å². The van der Waals surface area contributed by atoms with Crippen molar-refractivity contribution in [3.05, 3.63) is 34.9 Å². The van der Waals surface area contributed by atoms with Crippen LogP contribution in [0.15, 0.2) is 18.2 Å². The molecule has 0 saturated carbocycles. The number of aliphatic hydroxyl groups excluding tert-OH is 1. The van der Waals surface area contributed by atoms with Crippen molar-refractivity contribution >= 4 is 6.09 Å². The summed E-state index contributed by atoms with van der Waals surface area (Å²) in [5.41, 5.74) is 8.69. The van der Waals surface area contributed by atoms with E-state index in [-0.39, 0.29) is 6.54 Å². The van der Waals surface area contributed by atoms with Crippen LogP contribution in [0, 0.1) is 6.92 Å². The first kappa shape index (κ1) is 12.9. The Hall–Kier alpha value is -1.59. The van der Waals surface area contributed by atoms with Gasteiger partial charge in [0.1, 0.15) is 0 Å². The maximum atomic E-state index is 11.2. The fraction of sp³-hybridized carbons (Fsp3) is 0.462. The van der Waals surface area contributed by atoms with Crippen LogP contribution in [0.5, 0.6) is 0 Å². The number of carbonyl (C=O) groups is 1. The number of aryl methyl sites for hydroxylation is 1. The third kappa shape index (κ3) is 2.32. The normalized spacial score (nSPS) is 20.4. The van der Waals surface area contributed by atoms with E-state index in [9.17, 15) is 15.0 Å². The van der Waals surface area contributed by atoms with Crippen molar-refractivity contribution in [1.29, 1.82) is 0 Å². The van der Waals surface area contributed by atoms with Crippen LogP contribution in [0.1, 0.15) is 16.7 Å². The number of hydrogen-bond donors (Lipinski definition) is 3. The summed E-state index contributed by atoms with van der Waals surface area (Å²) in [5, 5.41) is 19.1. The fourth-order valence-electron chi connectivity index (χ4n) is 2.45. The number of carboxylic acid groups (broad SMARTS) is 1. The van der Waals surface area contributed by atoms with Gasteiger partial charge in [0.05, 0.1) is 12.1 Å². The second-order valence-corrected chi connectivity index (χ2v) is 4.76. The summed E-state index contributed by atoms with van der Waals surface area (Å²) in [6.45, 7) is 2.38. The van der Waals surface area contributed by atoms with Crippen molar-refractivity contribution in [2.24, 2.45) is 5.73 Å². The lowest BCUT2D eigenvalue weighted by Gasteiger charge is -2.37. The van der Waals surface area contributed by atoms with Gasteiger partial charge in [-0.15, -0.1) is 0 Å². The minimum absolute atomic E-state index is 0.0651. The number of aliphatic hydroxyl groups is 1. The zero-order valence-electron chi connectivity index (χ0n) is 10.3. The second-order valence-electron chi connectivity index (χ2n) is 4.76. The molecule has 0 fully saturated rings. The van der Waals surface area contributed by atoms with Crippen LogP contribution in [0.3, 0.4) is 0 Å². The Bertz CT molecular complexity index is 462. The molecular weight excluding hydrogens is 232 g/mol. The van der Waals surface area contributed by atoms with E-state index >= 15 is 0 Å². The van der Waals surface area contributed by atoms with E-state index < -0.39 is 18.2 Å². The summed E-state index contributed by atoms with van der Waals surface area (Å²) in [6.07, 6.45) is -1.32. The van der Waals surface area contributed by atoms with Gasteiger partial charge in [-0.25, -0.2) is 4.79 Å². The molecule has 2 rings (SSSR count). The lowest BCUT2D eigenvalue weighted by molar-refractivity contribution is 0.0431. The van der Waals surface area contributed by atoms with E-state index in [1.807, 2.05) is 25.1 Å². The molecule has 5 heteroatoms. The summed E-state index contributed by atoms with van der Waals surface area (Å²) in [4.78, 5) is 12.5. The molecule has 1 heterocycles. The van der Waals surface area contributed by atoms with Crippen LogP contribution in [-0.4, -0.2) is 39.9 Å². The lowest BCUT2D eigenvalue weighted by atomic mass is 9.90. The Morgan fingerprint density at radius 2 is 2.28 bits per heavy atom. The second kappa shape index (κ2) is 4.96. The van der Waals surface area contributed by atoms with Gasteiger partial charge in [0.25, 0.3) is 0 Å². The van der Waals surface area contributed by atoms with Crippen molar-refractivity contribution in [3.8, 4) is 0 Å². The molecule has 18 heavy (non-hydrogen) atoms. The van der Waals surface area contributed by atoms with Gasteiger partial charge in [0, 0.05) is 13.1 Å². The Kier molecular flexibility index (Phi) is 3.54. The zero-order valence-corrected chi connectivity index (χ0v) is 10.3. The average Bonchev–Trinajstić information content (AvgIpc) is 2.35. The summed E-state index contributed by atoms with van der Waals surface area (Å²) in [7, 11) is 0. The van der Waals surface area contributed by atoms with E-state index in [1.165, 1.54) is 4.90 Å². The van der Waals surface area contributed by atoms with E-state index in [1.54, 1.807) is 0 Å². The number of amides is 1. The molecule has 0 spiro atoms. The van der Waals surface area contributed by atoms with Crippen LogP contribution in [0.2, 0.25) is 0 Å². The van der Waals surface area contributed by atoms with E-state index in [2.05, 4.69) is 0 Å². The molecule has 98 valence electrons. The quantitative estimate of drug-likeness (QED) is 0.721. The van der Waals surface area contributed by atoms with Crippen LogP contribution < -0.4 is 5.73 Å². The van der Waals surface area contributed by atoms with Gasteiger partial charge in [-0.05, 0) is 24.5 Å². The van der Waals surface area contributed by atoms with Crippen molar-refractivity contribution in [2.45, 2.75) is 32.0 Å². The molecule has 0 radical (unpaired) electrons. The number of benzene rings is 1. The number of fused-ring (bicyclic) bond motifs is 1. The minimum Gasteiger partial charge on any atom is -0.465 e. The molecule has 5 nitrogen and oxygen atoms in total. The Balaban J connectivity index is 2.34. The summed E-state index contributed by atoms with van der Waals surface area (Å²) in [6, 6.07) is 5.51. The summed E-state index contributed by atoms with van der Waals surface area (Å²) >= 11 is 0. The van der Waals surface area contributed by atoms with Gasteiger partial charge in [0.2, 0.25) is 0 Å². The van der Waals surface area contributed by atoms with Crippen LogP contribution in [0.4, 0.5) is 4.79 Å². The SMILES string of the molecule is Cc1ccc2c(c1)CC([C@H](O)CN)N(C(=O)O)C2. The number of nitrogens with two attached hydrogens (primary N) is 1. The minimum atomic E-state index is -1.02. The molecular formula is C13H18N2O3. The van der Waals surface area contributed by atoms with Gasteiger partial charge in [-0.3, -0.25) is 4.90 Å². The Labute approximate surface area is 106 Å². The Morgan fingerprint density at radius 1 is 1.56 bits per heavy atom. The third-order valence-electron chi connectivity index (χ3n) is 3.46. The first-order valence-corrected chi connectivity index (χ1v) is 5.99. The molecule has 2 atom stereocenters. The van der Waals surface area contributed by atoms with Crippen molar-refractivity contribution in [1.82, 2.24) is 4.90 Å². The van der Waals surface area contributed by atoms with Crippen molar-refractivity contribution < 1.29 is 15.0 Å². The Morgan fingerprint density at radius 3 is 2.89 bits per heavy atom. The maximum Gasteiger partial charge on any atom is 0.407 e. The molecule has 1 unspecified atom stereocenters. The first-order valence-electron chi connectivity index (χ1n) is 5.99. The highest BCUT2D eigenvalue weighted by Gasteiger charge is 2.33. The van der Waals surface area contributed by atoms with Crippen LogP contribution in [0.25, 0.3) is 0 Å². The number of rotatable bonds is 2. The monoisotopic (exact) mass is 250 g/mol. The molecule has 0 saturated heterocycles. The number of nitrogens with zero attached hydrogens (tertiary/aromatic N) is 1. The van der Waals surface area contributed by atoms with Gasteiger partial charge in [-0.2, -0.15) is 0 Å². The van der Waals surface area contributed by atoms with Crippen molar-refractivity contribution in [2.75, 3.05) is 6.54 Å². The molecule has 1 aromatic rings. The number of hydrogen-bond acceptors (Lipinski definition) is 3. The molecule has 1 aliphatic heterocycles. The fourth-order valence-corrected chi connectivity index (χ4v) is 2.45. The predicted molar refractivity (Wildman–Crippen MR) is 67.3 cm³/mol. The van der Waals surface area contributed by atoms with E-state index in [0.717, 1.165) is 16.7 Å². The highest BCUT2D eigenvalue weighted by Crippen LogP contribution is 2.26. The summed E-state index contributed by atoms with van der Waals surface area (Å²) in [5.74, 6) is 0. The zero-order chi connectivity index (χ0) is 13.3. The third-order valence-corrected chi connectivity index (χ3v) is 3.46. The van der Waals surface area contributed by atoms with E-state index in [0.29, 0.717) is 13.0 Å². The van der Waals surface area contributed by atoms with Gasteiger partial charge in [0.15, 0.2) is 0 Å². The predicted octanol–water partition coefficient (Wildman–Crippen LogP) is 0.719. The lowest BCUT2D eigenvalue weighted by Crippen LogP contribution is -2.52. The van der Waals surface area contributed by atoms with E-state index in [4.69, 9.17) is 5.73 Å². The summed E-state index contributed by atoms with van der Waals surface area (Å²) < 4.78 is 0. The van der Waals surface area contributed by atoms with Crippen molar-refractivity contribution in [3.63, 3.8) is 0 Å². The highest BCUT2D eigenvalue weighted by atomic mass is 16.4. The molecule has 1 aromatic carbocycles. The van der Waals surface area contributed by atoms with Crippen LogP contribution in [-0.2, 0) is 13.0 Å². The van der Waals surface area contributed by atoms with Gasteiger partial charge >= 0.3 is 6.09 Å². The molecule has 0 aromatic heterocycles. The first-order chi connectivity index (χ1) is 8.52.